The lowest BCUT2D eigenvalue weighted by atomic mass is 9.84. The van der Waals surface area contributed by atoms with Crippen molar-refractivity contribution in [1.82, 2.24) is 5.32 Å². The number of nitrogens with one attached hydrogen (secondary N) is 1. The molecule has 1 aromatic carbocycles. The molecule has 0 radical (unpaired) electrons. The maximum Gasteiger partial charge on any atom is 0.304 e. The molecular formula is C16H21FN2O2. The molecule has 0 amide bonds. The fourth-order valence-electron chi connectivity index (χ4n) is 4.14. The first-order valence-corrected chi connectivity index (χ1v) is 7.71. The van der Waals surface area contributed by atoms with Gasteiger partial charge in [-0.3, -0.25) is 10.1 Å². The molecule has 2 bridgehead atoms. The van der Waals surface area contributed by atoms with Crippen molar-refractivity contribution in [2.45, 2.75) is 45.2 Å². The summed E-state index contributed by atoms with van der Waals surface area (Å²) in [4.78, 5) is 9.91. The normalized spacial score (nSPS) is 28.8. The zero-order valence-corrected chi connectivity index (χ0v) is 12.2. The largest absolute Gasteiger partial charge is 0.310 e. The molecule has 4 unspecified atom stereocenters. The molecule has 0 aliphatic heterocycles. The standard InChI is InChI=1S/C16H21FN2O2/c1-10(14-7-11-2-4-13(14)6-11)18-9-12-3-5-16(19(20)21)15(17)8-12/h3,5,8,10-11,13-14,18H,2,4,6-7,9H2,1H3. The smallest absolute Gasteiger partial charge is 0.304 e. The predicted molar refractivity (Wildman–Crippen MR) is 78.3 cm³/mol. The summed E-state index contributed by atoms with van der Waals surface area (Å²) in [6, 6.07) is 4.55. The van der Waals surface area contributed by atoms with Crippen molar-refractivity contribution < 1.29 is 9.31 Å². The molecule has 0 saturated heterocycles. The molecule has 2 aliphatic rings. The van der Waals surface area contributed by atoms with Crippen LogP contribution in [-0.2, 0) is 6.54 Å². The van der Waals surface area contributed by atoms with Crippen LogP contribution in [0.3, 0.4) is 0 Å². The molecule has 21 heavy (non-hydrogen) atoms. The van der Waals surface area contributed by atoms with E-state index in [9.17, 15) is 14.5 Å². The van der Waals surface area contributed by atoms with E-state index < -0.39 is 16.4 Å². The summed E-state index contributed by atoms with van der Waals surface area (Å²) in [5.41, 5.74) is 0.299. The molecule has 2 aliphatic carbocycles. The SMILES string of the molecule is CC(NCc1ccc([N+](=O)[O-])c(F)c1)C1CC2CCC1C2. The summed E-state index contributed by atoms with van der Waals surface area (Å²) in [5.74, 6) is 1.74. The third-order valence-electron chi connectivity index (χ3n) is 5.27. The van der Waals surface area contributed by atoms with Gasteiger partial charge in [-0.25, -0.2) is 0 Å². The first-order chi connectivity index (χ1) is 10.0. The van der Waals surface area contributed by atoms with E-state index in [1.54, 1.807) is 6.07 Å². The van der Waals surface area contributed by atoms with Gasteiger partial charge in [-0.2, -0.15) is 4.39 Å². The van der Waals surface area contributed by atoms with E-state index in [0.717, 1.165) is 23.3 Å². The number of benzene rings is 1. The van der Waals surface area contributed by atoms with Crippen LogP contribution < -0.4 is 5.32 Å². The molecule has 5 heteroatoms. The number of hydrogen-bond acceptors (Lipinski definition) is 3. The number of hydrogen-bond donors (Lipinski definition) is 1. The van der Waals surface area contributed by atoms with Gasteiger partial charge in [-0.15, -0.1) is 0 Å². The lowest BCUT2D eigenvalue weighted by Gasteiger charge is -2.28. The van der Waals surface area contributed by atoms with Gasteiger partial charge in [0.05, 0.1) is 4.92 Å². The van der Waals surface area contributed by atoms with Crippen LogP contribution >= 0.6 is 0 Å². The highest BCUT2D eigenvalue weighted by molar-refractivity contribution is 5.34. The van der Waals surface area contributed by atoms with E-state index in [-0.39, 0.29) is 0 Å². The third kappa shape index (κ3) is 2.93. The van der Waals surface area contributed by atoms with Crippen molar-refractivity contribution in [3.63, 3.8) is 0 Å². The van der Waals surface area contributed by atoms with E-state index >= 15 is 0 Å². The Bertz CT molecular complexity index is 549. The zero-order valence-electron chi connectivity index (χ0n) is 12.2. The van der Waals surface area contributed by atoms with Crippen LogP contribution in [-0.4, -0.2) is 11.0 Å². The highest BCUT2D eigenvalue weighted by atomic mass is 19.1. The number of nitro groups is 1. The van der Waals surface area contributed by atoms with Gasteiger partial charge < -0.3 is 5.32 Å². The van der Waals surface area contributed by atoms with Gasteiger partial charge in [-0.05, 0) is 55.6 Å². The minimum absolute atomic E-state index is 0.415. The van der Waals surface area contributed by atoms with Crippen LogP contribution in [0.4, 0.5) is 10.1 Å². The van der Waals surface area contributed by atoms with E-state index in [2.05, 4.69) is 12.2 Å². The number of fused-ring (bicyclic) bond motifs is 2. The number of halogens is 1. The summed E-state index contributed by atoms with van der Waals surface area (Å²) in [5, 5.41) is 14.1. The molecule has 0 spiro atoms. The van der Waals surface area contributed by atoms with Gasteiger partial charge in [0.1, 0.15) is 0 Å². The Labute approximate surface area is 123 Å². The number of rotatable bonds is 5. The number of nitro benzene ring substituents is 1. The predicted octanol–water partition coefficient (Wildman–Crippen LogP) is 3.65. The van der Waals surface area contributed by atoms with Gasteiger partial charge in [0.15, 0.2) is 0 Å². The molecule has 0 aromatic heterocycles. The van der Waals surface area contributed by atoms with Gasteiger partial charge in [0.2, 0.25) is 5.82 Å². The fraction of sp³-hybridized carbons (Fsp3) is 0.625. The Balaban J connectivity index is 1.57. The Hall–Kier alpha value is -1.49. The van der Waals surface area contributed by atoms with Crippen LogP contribution in [0.15, 0.2) is 18.2 Å². The highest BCUT2D eigenvalue weighted by Crippen LogP contribution is 2.49. The van der Waals surface area contributed by atoms with Crippen LogP contribution in [0.25, 0.3) is 0 Å². The van der Waals surface area contributed by atoms with Crippen molar-refractivity contribution in [2.24, 2.45) is 17.8 Å². The highest BCUT2D eigenvalue weighted by Gasteiger charge is 2.41. The molecule has 114 valence electrons. The van der Waals surface area contributed by atoms with Crippen LogP contribution in [0.1, 0.15) is 38.2 Å². The molecule has 2 saturated carbocycles. The molecule has 1 aromatic rings. The monoisotopic (exact) mass is 292 g/mol. The zero-order chi connectivity index (χ0) is 15.0. The van der Waals surface area contributed by atoms with E-state index in [0.29, 0.717) is 12.6 Å². The Kier molecular flexibility index (Phi) is 3.93. The number of nitrogens with zero attached hydrogens (tertiary/aromatic N) is 1. The second-order valence-electron chi connectivity index (χ2n) is 6.55. The van der Waals surface area contributed by atoms with Crippen molar-refractivity contribution >= 4 is 5.69 Å². The van der Waals surface area contributed by atoms with Crippen molar-refractivity contribution in [2.75, 3.05) is 0 Å². The third-order valence-corrected chi connectivity index (χ3v) is 5.27. The lowest BCUT2D eigenvalue weighted by molar-refractivity contribution is -0.387. The molecular weight excluding hydrogens is 271 g/mol. The molecule has 0 heterocycles. The minimum Gasteiger partial charge on any atom is -0.310 e. The topological polar surface area (TPSA) is 55.2 Å². The van der Waals surface area contributed by atoms with Crippen LogP contribution in [0.5, 0.6) is 0 Å². The molecule has 1 N–H and O–H groups in total. The Morgan fingerprint density at radius 3 is 2.81 bits per heavy atom. The van der Waals surface area contributed by atoms with E-state index in [4.69, 9.17) is 0 Å². The summed E-state index contributed by atoms with van der Waals surface area (Å²) in [7, 11) is 0. The molecule has 2 fully saturated rings. The van der Waals surface area contributed by atoms with Crippen molar-refractivity contribution in [3.05, 3.63) is 39.7 Å². The Morgan fingerprint density at radius 1 is 1.43 bits per heavy atom. The maximum absolute atomic E-state index is 13.6. The summed E-state index contributed by atoms with van der Waals surface area (Å²) >= 11 is 0. The molecule has 4 nitrogen and oxygen atoms in total. The van der Waals surface area contributed by atoms with Crippen LogP contribution in [0.2, 0.25) is 0 Å². The summed E-state index contributed by atoms with van der Waals surface area (Å²) in [6.07, 6.45) is 5.44. The summed E-state index contributed by atoms with van der Waals surface area (Å²) in [6.45, 7) is 2.76. The maximum atomic E-state index is 13.6. The van der Waals surface area contributed by atoms with E-state index in [1.165, 1.54) is 37.8 Å². The second kappa shape index (κ2) is 5.72. The van der Waals surface area contributed by atoms with Gasteiger partial charge >= 0.3 is 5.69 Å². The average Bonchev–Trinajstić information content (AvgIpc) is 3.07. The fourth-order valence-corrected chi connectivity index (χ4v) is 4.14. The van der Waals surface area contributed by atoms with Crippen LogP contribution in [0, 0.1) is 33.7 Å². The quantitative estimate of drug-likeness (QED) is 0.665. The van der Waals surface area contributed by atoms with E-state index in [1.807, 2.05) is 0 Å². The Morgan fingerprint density at radius 2 is 2.24 bits per heavy atom. The van der Waals surface area contributed by atoms with Crippen molar-refractivity contribution in [3.8, 4) is 0 Å². The molecule has 3 rings (SSSR count). The lowest BCUT2D eigenvalue weighted by Crippen LogP contribution is -2.35. The average molecular weight is 292 g/mol. The van der Waals surface area contributed by atoms with Gasteiger partial charge in [0.25, 0.3) is 0 Å². The summed E-state index contributed by atoms with van der Waals surface area (Å²) < 4.78 is 13.6. The van der Waals surface area contributed by atoms with Gasteiger partial charge in [-0.1, -0.05) is 12.5 Å². The minimum atomic E-state index is -0.758. The second-order valence-corrected chi connectivity index (χ2v) is 6.55. The van der Waals surface area contributed by atoms with Gasteiger partial charge in [0, 0.05) is 18.7 Å². The van der Waals surface area contributed by atoms with Crippen molar-refractivity contribution in [1.29, 1.82) is 0 Å². The first kappa shape index (κ1) is 14.4. The first-order valence-electron chi connectivity index (χ1n) is 7.71. The molecule has 4 atom stereocenters.